The summed E-state index contributed by atoms with van der Waals surface area (Å²) in [5.41, 5.74) is 4.63. The van der Waals surface area contributed by atoms with E-state index in [1.54, 1.807) is 19.5 Å². The van der Waals surface area contributed by atoms with Crippen molar-refractivity contribution in [3.05, 3.63) is 78.6 Å². The molecule has 0 unspecified atom stereocenters. The highest BCUT2D eigenvalue weighted by Crippen LogP contribution is 2.32. The monoisotopic (exact) mass is 474 g/mol. The molecule has 0 spiro atoms. The summed E-state index contributed by atoms with van der Waals surface area (Å²) in [4.78, 5) is 27.2. The first-order chi connectivity index (χ1) is 17.2. The van der Waals surface area contributed by atoms with E-state index in [-0.39, 0.29) is 5.91 Å². The summed E-state index contributed by atoms with van der Waals surface area (Å²) in [6.07, 6.45) is 3.90. The van der Waals surface area contributed by atoms with Crippen LogP contribution in [0.25, 0.3) is 11.1 Å². The average Bonchev–Trinajstić information content (AvgIpc) is 2.93. The molecule has 7 nitrogen and oxygen atoms in total. The first-order valence-electron chi connectivity index (χ1n) is 12.2. The molecule has 1 amide bonds. The smallest absolute Gasteiger partial charge is 0.246 e. The number of pyridine rings is 1. The number of hydroxylamine groups is 2. The maximum atomic E-state index is 12.3. The molecule has 4 rings (SSSR count). The number of carbonyl (C=O) groups excluding carboxylic acids is 1. The molecular weight excluding hydrogens is 440 g/mol. The van der Waals surface area contributed by atoms with Crippen LogP contribution in [0.3, 0.4) is 0 Å². The van der Waals surface area contributed by atoms with Gasteiger partial charge in [0, 0.05) is 62.8 Å². The summed E-state index contributed by atoms with van der Waals surface area (Å²) in [6, 6.07) is 20.6. The summed E-state index contributed by atoms with van der Waals surface area (Å²) < 4.78 is 5.31. The third kappa shape index (κ3) is 6.59. The summed E-state index contributed by atoms with van der Waals surface area (Å²) in [5.74, 6) is 0.843. The fraction of sp³-hybridized carbons (Fsp3) is 0.357. The normalized spacial score (nSPS) is 14.1. The molecule has 1 fully saturated rings. The number of anilines is 1. The van der Waals surface area contributed by atoms with E-state index in [0.717, 1.165) is 44.0 Å². The molecular formula is C28H34N4O3. The molecule has 0 N–H and O–H groups in total. The molecule has 2 heterocycles. The maximum Gasteiger partial charge on any atom is 0.246 e. The third-order valence-corrected chi connectivity index (χ3v) is 6.30. The zero-order chi connectivity index (χ0) is 24.5. The standard InChI is InChI=1S/C28H34N4O3/c1-3-28(33)32(22-23-7-6-14-29-21-23)35-20-19-30-15-17-31(18-16-30)27-9-5-4-8-26(27)24-10-12-25(34-2)13-11-24/h4-14,21H,3,15-20,22H2,1-2H3. The van der Waals surface area contributed by atoms with Gasteiger partial charge >= 0.3 is 0 Å². The largest absolute Gasteiger partial charge is 0.497 e. The Bertz CT molecular complexity index is 1070. The number of ether oxygens (including phenoxy) is 1. The number of hydrogen-bond donors (Lipinski definition) is 0. The van der Waals surface area contributed by atoms with Gasteiger partial charge in [-0.15, -0.1) is 0 Å². The fourth-order valence-corrected chi connectivity index (χ4v) is 4.30. The Morgan fingerprint density at radius 1 is 1.00 bits per heavy atom. The van der Waals surface area contributed by atoms with Crippen molar-refractivity contribution in [1.82, 2.24) is 14.9 Å². The lowest BCUT2D eigenvalue weighted by molar-refractivity contribution is -0.191. The van der Waals surface area contributed by atoms with Crippen LogP contribution in [-0.2, 0) is 16.2 Å². The zero-order valence-electron chi connectivity index (χ0n) is 20.6. The van der Waals surface area contributed by atoms with Gasteiger partial charge in [0.1, 0.15) is 5.75 Å². The first-order valence-corrected chi connectivity index (χ1v) is 12.2. The Balaban J connectivity index is 1.30. The van der Waals surface area contributed by atoms with Crippen LogP contribution in [0.5, 0.6) is 5.75 Å². The van der Waals surface area contributed by atoms with E-state index in [2.05, 4.69) is 51.2 Å². The highest BCUT2D eigenvalue weighted by atomic mass is 16.7. The number of carbonyl (C=O) groups is 1. The Morgan fingerprint density at radius 2 is 1.77 bits per heavy atom. The molecule has 184 valence electrons. The molecule has 0 atom stereocenters. The van der Waals surface area contributed by atoms with Gasteiger partial charge in [0.2, 0.25) is 5.91 Å². The van der Waals surface area contributed by atoms with Crippen molar-refractivity contribution in [1.29, 1.82) is 0 Å². The van der Waals surface area contributed by atoms with E-state index in [1.165, 1.54) is 21.9 Å². The Labute approximate surface area is 207 Å². The van der Waals surface area contributed by atoms with Crippen molar-refractivity contribution in [2.75, 3.05) is 51.3 Å². The predicted molar refractivity (Wildman–Crippen MR) is 138 cm³/mol. The van der Waals surface area contributed by atoms with Crippen molar-refractivity contribution in [2.24, 2.45) is 0 Å². The van der Waals surface area contributed by atoms with Crippen molar-refractivity contribution in [3.63, 3.8) is 0 Å². The van der Waals surface area contributed by atoms with Crippen LogP contribution < -0.4 is 9.64 Å². The second-order valence-electron chi connectivity index (χ2n) is 8.55. The molecule has 1 aliphatic heterocycles. The lowest BCUT2D eigenvalue weighted by Crippen LogP contribution is -2.48. The summed E-state index contributed by atoms with van der Waals surface area (Å²) in [6.45, 7) is 7.32. The zero-order valence-corrected chi connectivity index (χ0v) is 20.6. The number of hydrogen-bond acceptors (Lipinski definition) is 6. The van der Waals surface area contributed by atoms with Gasteiger partial charge in [0.25, 0.3) is 0 Å². The lowest BCUT2D eigenvalue weighted by Gasteiger charge is -2.37. The number of amides is 1. The van der Waals surface area contributed by atoms with E-state index in [9.17, 15) is 4.79 Å². The topological polar surface area (TPSA) is 58.1 Å². The van der Waals surface area contributed by atoms with Gasteiger partial charge in [-0.1, -0.05) is 43.3 Å². The van der Waals surface area contributed by atoms with Crippen LogP contribution in [0.15, 0.2) is 73.1 Å². The van der Waals surface area contributed by atoms with Gasteiger partial charge in [-0.25, -0.2) is 5.06 Å². The quantitative estimate of drug-likeness (QED) is 0.410. The third-order valence-electron chi connectivity index (χ3n) is 6.30. The SMILES string of the molecule is CCC(=O)N(Cc1cccnc1)OCCN1CCN(c2ccccc2-c2ccc(OC)cc2)CC1. The Hall–Kier alpha value is -3.42. The molecule has 1 aliphatic rings. The van der Waals surface area contributed by atoms with Gasteiger partial charge in [-0.2, -0.15) is 0 Å². The van der Waals surface area contributed by atoms with E-state index in [1.807, 2.05) is 31.2 Å². The average molecular weight is 475 g/mol. The van der Waals surface area contributed by atoms with E-state index in [4.69, 9.17) is 9.57 Å². The highest BCUT2D eigenvalue weighted by Gasteiger charge is 2.20. The number of rotatable bonds is 10. The highest BCUT2D eigenvalue weighted by molar-refractivity contribution is 5.79. The summed E-state index contributed by atoms with van der Waals surface area (Å²) >= 11 is 0. The number of methoxy groups -OCH3 is 1. The van der Waals surface area contributed by atoms with Crippen molar-refractivity contribution >= 4 is 11.6 Å². The van der Waals surface area contributed by atoms with E-state index >= 15 is 0 Å². The van der Waals surface area contributed by atoms with Crippen LogP contribution in [0.1, 0.15) is 18.9 Å². The van der Waals surface area contributed by atoms with Gasteiger partial charge < -0.3 is 9.64 Å². The molecule has 1 aromatic heterocycles. The predicted octanol–water partition coefficient (Wildman–Crippen LogP) is 4.25. The molecule has 35 heavy (non-hydrogen) atoms. The molecule has 0 radical (unpaired) electrons. The van der Waals surface area contributed by atoms with Crippen LogP contribution >= 0.6 is 0 Å². The fourth-order valence-electron chi connectivity index (χ4n) is 4.30. The number of nitrogens with zero attached hydrogens (tertiary/aromatic N) is 4. The minimum absolute atomic E-state index is 0.0196. The van der Waals surface area contributed by atoms with Crippen molar-refractivity contribution in [2.45, 2.75) is 19.9 Å². The molecule has 2 aromatic carbocycles. The van der Waals surface area contributed by atoms with Gasteiger partial charge in [0.15, 0.2) is 0 Å². The van der Waals surface area contributed by atoms with Gasteiger partial charge in [-0.3, -0.25) is 19.5 Å². The summed E-state index contributed by atoms with van der Waals surface area (Å²) in [7, 11) is 1.69. The Morgan fingerprint density at radius 3 is 2.46 bits per heavy atom. The minimum Gasteiger partial charge on any atom is -0.497 e. The van der Waals surface area contributed by atoms with Gasteiger partial charge in [0.05, 0.1) is 20.3 Å². The van der Waals surface area contributed by atoms with E-state index < -0.39 is 0 Å². The molecule has 1 saturated heterocycles. The van der Waals surface area contributed by atoms with Gasteiger partial charge in [-0.05, 0) is 35.4 Å². The van der Waals surface area contributed by atoms with Crippen LogP contribution in [0, 0.1) is 0 Å². The maximum absolute atomic E-state index is 12.3. The molecule has 0 saturated carbocycles. The van der Waals surface area contributed by atoms with E-state index in [0.29, 0.717) is 19.6 Å². The van der Waals surface area contributed by atoms with Crippen LogP contribution in [0.4, 0.5) is 5.69 Å². The molecule has 0 aliphatic carbocycles. The summed E-state index contributed by atoms with van der Waals surface area (Å²) in [5, 5.41) is 1.47. The van der Waals surface area contributed by atoms with Crippen LogP contribution in [0.2, 0.25) is 0 Å². The Kier molecular flexibility index (Phi) is 8.70. The second-order valence-corrected chi connectivity index (χ2v) is 8.55. The first kappa shape index (κ1) is 24.7. The molecule has 3 aromatic rings. The van der Waals surface area contributed by atoms with Crippen molar-refractivity contribution < 1.29 is 14.4 Å². The number of para-hydroxylation sites is 1. The second kappa shape index (κ2) is 12.3. The number of aromatic nitrogens is 1. The number of benzene rings is 2. The van der Waals surface area contributed by atoms with Crippen molar-refractivity contribution in [3.8, 4) is 16.9 Å². The molecule has 7 heteroatoms. The lowest BCUT2D eigenvalue weighted by atomic mass is 10.0. The van der Waals surface area contributed by atoms with Crippen LogP contribution in [-0.4, -0.2) is 67.3 Å². The minimum atomic E-state index is -0.0196. The number of piperazine rings is 1. The molecule has 0 bridgehead atoms.